The number of para-hydroxylation sites is 1. The second kappa shape index (κ2) is 6.63. The molecule has 2 aromatic carbocycles. The van der Waals surface area contributed by atoms with Gasteiger partial charge in [-0.1, -0.05) is 25.1 Å². The van der Waals surface area contributed by atoms with E-state index in [1.165, 1.54) is 7.11 Å². The number of aromatic amines is 2. The maximum Gasteiger partial charge on any atom is 0.378 e. The van der Waals surface area contributed by atoms with Gasteiger partial charge in [0.25, 0.3) is 0 Å². The summed E-state index contributed by atoms with van der Waals surface area (Å²) < 4.78 is 23.5. The number of nitrogens with zero attached hydrogens (tertiary/aromatic N) is 1. The van der Waals surface area contributed by atoms with E-state index in [-0.39, 0.29) is 0 Å². The summed E-state index contributed by atoms with van der Waals surface area (Å²) in [5.74, 6) is 0.509. The fourth-order valence-corrected chi connectivity index (χ4v) is 4.40. The summed E-state index contributed by atoms with van der Waals surface area (Å²) in [4.78, 5) is 3.39. The molecule has 4 rings (SSSR count). The van der Waals surface area contributed by atoms with Crippen molar-refractivity contribution >= 4 is 29.4 Å². The van der Waals surface area contributed by atoms with Gasteiger partial charge in [-0.2, -0.15) is 5.10 Å². The van der Waals surface area contributed by atoms with Gasteiger partial charge >= 0.3 is 7.60 Å². The summed E-state index contributed by atoms with van der Waals surface area (Å²) in [6, 6.07) is 15.6. The molecule has 0 spiro atoms. The second-order valence-corrected chi connectivity index (χ2v) is 8.37. The lowest BCUT2D eigenvalue weighted by Gasteiger charge is -2.16. The topological polar surface area (TPSA) is 80.0 Å². The van der Waals surface area contributed by atoms with Crippen LogP contribution in [0.5, 0.6) is 5.75 Å². The van der Waals surface area contributed by atoms with Crippen molar-refractivity contribution in [1.29, 1.82) is 0 Å². The van der Waals surface area contributed by atoms with Crippen molar-refractivity contribution in [2.45, 2.75) is 13.3 Å². The van der Waals surface area contributed by atoms with E-state index < -0.39 is 7.60 Å². The molecule has 0 radical (unpaired) electrons. The Morgan fingerprint density at radius 2 is 1.96 bits per heavy atom. The normalized spacial score (nSPS) is 13.9. The van der Waals surface area contributed by atoms with Crippen molar-refractivity contribution in [3.05, 3.63) is 48.5 Å². The zero-order valence-corrected chi connectivity index (χ0v) is 15.5. The first kappa shape index (κ1) is 16.9. The van der Waals surface area contributed by atoms with Crippen LogP contribution in [-0.4, -0.2) is 28.5 Å². The molecule has 4 aromatic rings. The summed E-state index contributed by atoms with van der Waals surface area (Å²) in [6.45, 7) is 1.95. The molecule has 0 saturated heterocycles. The number of hydrogen-bond donors (Lipinski definition) is 2. The lowest BCUT2D eigenvalue weighted by molar-refractivity contribution is 0.322. The number of H-pyrrole nitrogens is 2. The van der Waals surface area contributed by atoms with Crippen LogP contribution in [0.15, 0.2) is 48.5 Å². The lowest BCUT2D eigenvalue weighted by atomic mass is 10.1. The highest BCUT2D eigenvalue weighted by atomic mass is 31.2. The fourth-order valence-electron chi connectivity index (χ4n) is 3.06. The predicted molar refractivity (Wildman–Crippen MR) is 104 cm³/mol. The first-order chi connectivity index (χ1) is 12.6. The van der Waals surface area contributed by atoms with E-state index in [1.807, 2.05) is 37.3 Å². The van der Waals surface area contributed by atoms with Crippen LogP contribution in [0.4, 0.5) is 0 Å². The average molecular weight is 369 g/mol. The van der Waals surface area contributed by atoms with E-state index in [2.05, 4.69) is 27.3 Å². The molecule has 26 heavy (non-hydrogen) atoms. The minimum absolute atomic E-state index is 0.377. The Labute approximate surface area is 151 Å². The largest absolute Gasteiger partial charge is 0.424 e. The van der Waals surface area contributed by atoms with Crippen LogP contribution in [-0.2, 0) is 9.09 Å². The van der Waals surface area contributed by atoms with Gasteiger partial charge in [0.15, 0.2) is 0 Å². The molecule has 0 fully saturated rings. The van der Waals surface area contributed by atoms with E-state index in [9.17, 15) is 4.57 Å². The van der Waals surface area contributed by atoms with Gasteiger partial charge in [0.1, 0.15) is 11.4 Å². The van der Waals surface area contributed by atoms with Gasteiger partial charge in [0.05, 0.1) is 17.4 Å². The minimum Gasteiger partial charge on any atom is -0.424 e. The number of aromatic nitrogens is 3. The van der Waals surface area contributed by atoms with Gasteiger partial charge < -0.3 is 14.0 Å². The van der Waals surface area contributed by atoms with E-state index in [4.69, 9.17) is 9.05 Å². The third kappa shape index (κ3) is 3.02. The Hall–Kier alpha value is -2.56. The van der Waals surface area contributed by atoms with Gasteiger partial charge in [-0.3, -0.25) is 5.10 Å². The number of nitrogens with one attached hydrogen (secondary N) is 2. The van der Waals surface area contributed by atoms with Crippen LogP contribution in [0, 0.1) is 0 Å². The summed E-state index contributed by atoms with van der Waals surface area (Å²) in [5.41, 5.74) is 3.65. The van der Waals surface area contributed by atoms with Crippen LogP contribution < -0.4 is 4.52 Å². The molecule has 1 unspecified atom stereocenters. The summed E-state index contributed by atoms with van der Waals surface area (Å²) in [5, 5.41) is 9.50. The number of hydrogen-bond acceptors (Lipinski definition) is 4. The molecule has 0 aliphatic heterocycles. The minimum atomic E-state index is -3.13. The Bertz CT molecular complexity index is 1080. The van der Waals surface area contributed by atoms with E-state index in [0.29, 0.717) is 11.9 Å². The molecule has 2 N–H and O–H groups in total. The average Bonchev–Trinajstić information content (AvgIpc) is 3.25. The zero-order chi connectivity index (χ0) is 18.1. The molecule has 0 bridgehead atoms. The highest BCUT2D eigenvalue weighted by Gasteiger charge is 2.23. The van der Waals surface area contributed by atoms with Crippen molar-refractivity contribution in [3.63, 3.8) is 0 Å². The van der Waals surface area contributed by atoms with Gasteiger partial charge in [0, 0.05) is 23.4 Å². The van der Waals surface area contributed by atoms with Gasteiger partial charge in [-0.25, -0.2) is 4.57 Å². The molecule has 2 aromatic heterocycles. The molecule has 1 atom stereocenters. The molecule has 0 amide bonds. The Kier molecular flexibility index (Phi) is 4.31. The summed E-state index contributed by atoms with van der Waals surface area (Å²) in [6.07, 6.45) is 1.10. The van der Waals surface area contributed by atoms with E-state index in [0.717, 1.165) is 39.6 Å². The highest BCUT2D eigenvalue weighted by Crippen LogP contribution is 2.48. The van der Waals surface area contributed by atoms with Crippen molar-refractivity contribution in [1.82, 2.24) is 15.2 Å². The molecule has 134 valence electrons. The van der Waals surface area contributed by atoms with Crippen molar-refractivity contribution < 1.29 is 13.6 Å². The second-order valence-electron chi connectivity index (χ2n) is 6.16. The Morgan fingerprint density at radius 1 is 1.12 bits per heavy atom. The van der Waals surface area contributed by atoms with Gasteiger partial charge in [0.2, 0.25) is 0 Å². The van der Waals surface area contributed by atoms with Crippen molar-refractivity contribution in [3.8, 4) is 17.1 Å². The van der Waals surface area contributed by atoms with Crippen molar-refractivity contribution in [2.24, 2.45) is 0 Å². The van der Waals surface area contributed by atoms with Crippen molar-refractivity contribution in [2.75, 3.05) is 13.3 Å². The first-order valence-corrected chi connectivity index (χ1v) is 10.3. The number of benzene rings is 2. The third-order valence-corrected chi connectivity index (χ3v) is 6.38. The van der Waals surface area contributed by atoms with Gasteiger partial charge in [-0.05, 0) is 36.8 Å². The number of fused-ring (bicyclic) bond motifs is 2. The standard InChI is InChI=1S/C19H20N3O3P/c1-3-10-26(23,24-2)25-14-8-9-17-15(12-14)19(22-21-17)18-11-13-6-4-5-7-16(13)20-18/h4-9,11-12,20H,3,10H2,1-2H3,(H,21,22). The third-order valence-electron chi connectivity index (χ3n) is 4.34. The number of rotatable bonds is 6. The van der Waals surface area contributed by atoms with E-state index >= 15 is 0 Å². The molecule has 0 saturated carbocycles. The van der Waals surface area contributed by atoms with Crippen LogP contribution in [0.25, 0.3) is 33.2 Å². The molecular formula is C19H20N3O3P. The maximum atomic E-state index is 12.6. The Morgan fingerprint density at radius 3 is 2.73 bits per heavy atom. The molecule has 7 heteroatoms. The van der Waals surface area contributed by atoms with Crippen LogP contribution in [0.2, 0.25) is 0 Å². The lowest BCUT2D eigenvalue weighted by Crippen LogP contribution is -1.99. The molecule has 0 aliphatic rings. The summed E-state index contributed by atoms with van der Waals surface area (Å²) >= 11 is 0. The predicted octanol–water partition coefficient (Wildman–Crippen LogP) is 5.34. The monoisotopic (exact) mass is 369 g/mol. The smallest absolute Gasteiger partial charge is 0.378 e. The highest BCUT2D eigenvalue weighted by molar-refractivity contribution is 7.54. The quantitative estimate of drug-likeness (QED) is 0.450. The first-order valence-electron chi connectivity index (χ1n) is 8.52. The molecule has 6 nitrogen and oxygen atoms in total. The van der Waals surface area contributed by atoms with Crippen LogP contribution in [0.3, 0.4) is 0 Å². The molecule has 0 aliphatic carbocycles. The summed E-state index contributed by atoms with van der Waals surface area (Å²) in [7, 11) is -1.71. The molecular weight excluding hydrogens is 349 g/mol. The Balaban J connectivity index is 1.76. The van der Waals surface area contributed by atoms with E-state index in [1.54, 1.807) is 6.07 Å². The van der Waals surface area contributed by atoms with Gasteiger partial charge in [-0.15, -0.1) is 0 Å². The van der Waals surface area contributed by atoms with Crippen LogP contribution in [0.1, 0.15) is 13.3 Å². The maximum absolute atomic E-state index is 12.6. The van der Waals surface area contributed by atoms with Crippen LogP contribution >= 0.6 is 7.60 Å². The SMILES string of the molecule is CCCP(=O)(OC)Oc1ccc2[nH]nc(-c3cc4ccccc4[nH]3)c2c1. The zero-order valence-electron chi connectivity index (χ0n) is 14.7. The molecule has 2 heterocycles. The fraction of sp³-hybridized carbons (Fsp3) is 0.211.